The SMILES string of the molecule is N[C@@H](CS[15N]=O)C(=O)NCC(=O)O. The molecule has 0 unspecified atom stereocenters. The summed E-state index contributed by atoms with van der Waals surface area (Å²) in [5, 5.41) is 10.3. The van der Waals surface area contributed by atoms with E-state index < -0.39 is 24.5 Å². The number of nitroso groups, excluding NO2 is 1. The first-order chi connectivity index (χ1) is 6.07. The number of carboxylic acids is 1. The molecule has 74 valence electrons. The number of aliphatic carboxylic acids is 1. The third kappa shape index (κ3) is 6.05. The molecule has 0 aromatic rings. The lowest BCUT2D eigenvalue weighted by molar-refractivity contribution is -0.138. The first kappa shape index (κ1) is 11.8. The van der Waals surface area contributed by atoms with Crippen LogP contribution < -0.4 is 11.1 Å². The van der Waals surface area contributed by atoms with Crippen molar-refractivity contribution in [3.05, 3.63) is 4.91 Å². The molecule has 0 aliphatic rings. The van der Waals surface area contributed by atoms with Gasteiger partial charge in [-0.05, 0) is 0 Å². The Morgan fingerprint density at radius 3 is 2.69 bits per heavy atom. The summed E-state index contributed by atoms with van der Waals surface area (Å²) in [6, 6.07) is -0.915. The quantitative estimate of drug-likeness (QED) is 0.290. The van der Waals surface area contributed by atoms with Gasteiger partial charge in [0.25, 0.3) is 0 Å². The zero-order valence-electron chi connectivity index (χ0n) is 6.60. The van der Waals surface area contributed by atoms with E-state index in [1.165, 1.54) is 0 Å². The fourth-order valence-electron chi connectivity index (χ4n) is 0.480. The Balaban J connectivity index is 3.68. The Labute approximate surface area is 78.2 Å². The molecule has 13 heavy (non-hydrogen) atoms. The maximum absolute atomic E-state index is 10.9. The number of hydrogen-bond acceptors (Lipinski definition) is 6. The van der Waals surface area contributed by atoms with Crippen molar-refractivity contribution in [1.29, 1.82) is 0 Å². The van der Waals surface area contributed by atoms with Crippen LogP contribution in [0.2, 0.25) is 0 Å². The summed E-state index contributed by atoms with van der Waals surface area (Å²) in [6.45, 7) is -0.480. The first-order valence-corrected chi connectivity index (χ1v) is 4.22. The highest BCUT2D eigenvalue weighted by Gasteiger charge is 2.13. The highest BCUT2D eigenvalue weighted by atomic mass is 32.2. The second kappa shape index (κ2) is 6.38. The summed E-state index contributed by atoms with van der Waals surface area (Å²) in [5.41, 5.74) is 5.26. The van der Waals surface area contributed by atoms with Gasteiger partial charge in [-0.3, -0.25) is 9.59 Å². The van der Waals surface area contributed by atoms with E-state index in [1.807, 2.05) is 0 Å². The Morgan fingerprint density at radius 1 is 1.62 bits per heavy atom. The summed E-state index contributed by atoms with van der Waals surface area (Å²) < 4.78 is 2.44. The fourth-order valence-corrected chi connectivity index (χ4v) is 0.853. The number of rotatable bonds is 6. The van der Waals surface area contributed by atoms with Crippen LogP contribution in [0.3, 0.4) is 0 Å². The van der Waals surface area contributed by atoms with Crippen LogP contribution in [0.15, 0.2) is 4.58 Å². The molecule has 0 rings (SSSR count). The van der Waals surface area contributed by atoms with Crippen LogP contribution in [0.5, 0.6) is 0 Å². The highest BCUT2D eigenvalue weighted by molar-refractivity contribution is 7.97. The number of nitrogens with two attached hydrogens (primary N) is 1. The monoisotopic (exact) mass is 208 g/mol. The van der Waals surface area contributed by atoms with Gasteiger partial charge < -0.3 is 16.2 Å². The summed E-state index contributed by atoms with van der Waals surface area (Å²) in [7, 11) is 0. The lowest BCUT2D eigenvalue weighted by Crippen LogP contribution is -2.43. The van der Waals surface area contributed by atoms with E-state index in [-0.39, 0.29) is 5.75 Å². The van der Waals surface area contributed by atoms with E-state index in [1.54, 1.807) is 0 Å². The van der Waals surface area contributed by atoms with Crippen molar-refractivity contribution in [2.75, 3.05) is 12.3 Å². The van der Waals surface area contributed by atoms with Gasteiger partial charge in [0.15, 0.2) is 0 Å². The smallest absolute Gasteiger partial charge is 0.322 e. The predicted molar refractivity (Wildman–Crippen MR) is 46.9 cm³/mol. The van der Waals surface area contributed by atoms with Gasteiger partial charge in [0.2, 0.25) is 5.91 Å². The van der Waals surface area contributed by atoms with Crippen LogP contribution in [-0.4, -0.2) is 35.3 Å². The Morgan fingerprint density at radius 2 is 2.23 bits per heavy atom. The summed E-state index contributed by atoms with van der Waals surface area (Å²) in [5.74, 6) is -1.73. The van der Waals surface area contributed by atoms with Gasteiger partial charge in [-0.1, -0.05) is 0 Å². The number of carbonyl (C=O) groups excluding carboxylic acids is 1. The molecular weight excluding hydrogens is 199 g/mol. The van der Waals surface area contributed by atoms with Crippen molar-refractivity contribution in [2.45, 2.75) is 6.04 Å². The van der Waals surface area contributed by atoms with Crippen molar-refractivity contribution in [3.63, 3.8) is 0 Å². The third-order valence-electron chi connectivity index (χ3n) is 1.06. The van der Waals surface area contributed by atoms with E-state index in [9.17, 15) is 14.5 Å². The molecule has 0 aromatic carbocycles. The number of carbonyl (C=O) groups is 2. The van der Waals surface area contributed by atoms with Crippen LogP contribution in [0.4, 0.5) is 0 Å². The summed E-state index contributed by atoms with van der Waals surface area (Å²) in [6.07, 6.45) is 0. The van der Waals surface area contributed by atoms with Crippen LogP contribution in [-0.2, 0) is 9.59 Å². The molecule has 0 aliphatic carbocycles. The largest absolute Gasteiger partial charge is 0.480 e. The Kier molecular flexibility index (Phi) is 5.81. The van der Waals surface area contributed by atoms with Crippen LogP contribution in [0.25, 0.3) is 0 Å². The molecule has 0 saturated carbocycles. The molecule has 0 saturated heterocycles. The minimum absolute atomic E-state index is 0.0367. The maximum Gasteiger partial charge on any atom is 0.322 e. The first-order valence-electron chi connectivity index (χ1n) is 3.27. The molecule has 0 fully saturated rings. The molecule has 4 N–H and O–H groups in total. The average molecular weight is 208 g/mol. The van der Waals surface area contributed by atoms with Gasteiger partial charge in [-0.2, -0.15) is 0 Å². The van der Waals surface area contributed by atoms with Crippen molar-refractivity contribution in [1.82, 2.24) is 5.32 Å². The Bertz CT molecular complexity index is 210. The molecule has 0 aromatic heterocycles. The van der Waals surface area contributed by atoms with E-state index in [4.69, 9.17) is 10.8 Å². The van der Waals surface area contributed by atoms with E-state index in [0.29, 0.717) is 11.9 Å². The minimum Gasteiger partial charge on any atom is -0.480 e. The lowest BCUT2D eigenvalue weighted by atomic mass is 10.3. The number of nitrogens with zero attached hydrogens (tertiary/aromatic N) is 1. The van der Waals surface area contributed by atoms with Gasteiger partial charge in [0.05, 0.1) is 6.04 Å². The second-order valence-electron chi connectivity index (χ2n) is 2.09. The molecule has 0 spiro atoms. The molecule has 0 heterocycles. The molecule has 1 atom stereocenters. The van der Waals surface area contributed by atoms with E-state index >= 15 is 0 Å². The van der Waals surface area contributed by atoms with Gasteiger partial charge in [0, 0.05) is 22.3 Å². The fraction of sp³-hybridized carbons (Fsp3) is 0.600. The molecule has 8 heteroatoms. The van der Waals surface area contributed by atoms with Crippen LogP contribution in [0.1, 0.15) is 0 Å². The number of nitrogens with one attached hydrogen (secondary N) is 1. The number of hydrogen-bond donors (Lipinski definition) is 3. The normalized spacial score (nSPS) is 11.8. The predicted octanol–water partition coefficient (Wildman–Crippen LogP) is -1.07. The van der Waals surface area contributed by atoms with Gasteiger partial charge >= 0.3 is 5.97 Å². The lowest BCUT2D eigenvalue weighted by Gasteiger charge is -2.07. The summed E-state index contributed by atoms with van der Waals surface area (Å²) in [4.78, 5) is 30.5. The molecule has 1 amide bonds. The topological polar surface area (TPSA) is 122 Å². The molecule has 0 aliphatic heterocycles. The van der Waals surface area contributed by atoms with E-state index in [0.717, 1.165) is 0 Å². The van der Waals surface area contributed by atoms with Gasteiger partial charge in [0.1, 0.15) is 6.54 Å². The molecule has 0 bridgehead atoms. The number of amides is 1. The minimum atomic E-state index is -1.15. The molecule has 0 radical (unpaired) electrons. The molecule has 7 nitrogen and oxygen atoms in total. The highest BCUT2D eigenvalue weighted by Crippen LogP contribution is 2.01. The third-order valence-corrected chi connectivity index (χ3v) is 1.67. The molecular formula is C5H9N3O4S. The second-order valence-corrected chi connectivity index (χ2v) is 2.83. The van der Waals surface area contributed by atoms with Crippen LogP contribution >= 0.6 is 11.9 Å². The van der Waals surface area contributed by atoms with Crippen LogP contribution in [0, 0.1) is 4.91 Å². The maximum atomic E-state index is 10.9. The van der Waals surface area contributed by atoms with Crippen molar-refractivity contribution >= 4 is 23.8 Å². The van der Waals surface area contributed by atoms with E-state index in [2.05, 4.69) is 9.90 Å². The summed E-state index contributed by atoms with van der Waals surface area (Å²) >= 11 is 0.615. The number of carboxylic acid groups (broad SMARTS) is 1. The van der Waals surface area contributed by atoms with Crippen molar-refractivity contribution in [3.8, 4) is 0 Å². The van der Waals surface area contributed by atoms with Crippen molar-refractivity contribution in [2.24, 2.45) is 10.3 Å². The van der Waals surface area contributed by atoms with Gasteiger partial charge in [-0.25, -0.2) is 0 Å². The zero-order chi connectivity index (χ0) is 10.3. The zero-order valence-corrected chi connectivity index (χ0v) is 7.41. The van der Waals surface area contributed by atoms with Crippen molar-refractivity contribution < 1.29 is 14.7 Å². The standard InChI is InChI=1S/C5H9N3O4S/c6-3(2-13-8-12)5(11)7-1-4(9)10/h3H,1-2,6H2,(H,7,11)(H,9,10)/t3-/m0/s1/i8+1. The average Bonchev–Trinajstić information content (AvgIpc) is 2.10. The van der Waals surface area contributed by atoms with Gasteiger partial charge in [-0.15, -0.1) is 4.91 Å². The Hall–Kier alpha value is -1.15.